The Morgan fingerprint density at radius 1 is 1.05 bits per heavy atom. The van der Waals surface area contributed by atoms with Crippen LogP contribution in [-0.4, -0.2) is 8.42 Å². The third kappa shape index (κ3) is 4.06. The fourth-order valence-electron chi connectivity index (χ4n) is 1.54. The predicted octanol–water partition coefficient (Wildman–Crippen LogP) is 4.12. The molecule has 0 spiro atoms. The van der Waals surface area contributed by atoms with Crippen molar-refractivity contribution in [3.63, 3.8) is 0 Å². The van der Waals surface area contributed by atoms with E-state index in [0.717, 1.165) is 18.2 Å². The molecule has 112 valence electrons. The minimum Gasteiger partial charge on any atom is -0.487 e. The summed E-state index contributed by atoms with van der Waals surface area (Å²) in [5.74, 6) is -1.73. The van der Waals surface area contributed by atoms with E-state index in [2.05, 4.69) is 0 Å². The number of hydrogen-bond acceptors (Lipinski definition) is 3. The maximum absolute atomic E-state index is 13.0. The standard InChI is InChI=1S/C13H8Cl2F2O3S/c14-10-6-9(21(15,18)19)2-4-13(10)20-7-8-1-3-11(16)12(17)5-8/h1-6H,7H2. The fraction of sp³-hybridized carbons (Fsp3) is 0.0769. The van der Waals surface area contributed by atoms with E-state index < -0.39 is 20.7 Å². The second-order valence-corrected chi connectivity index (χ2v) is 7.04. The lowest BCUT2D eigenvalue weighted by Gasteiger charge is -2.09. The molecule has 0 unspecified atom stereocenters. The molecular formula is C13H8Cl2F2O3S. The smallest absolute Gasteiger partial charge is 0.261 e. The van der Waals surface area contributed by atoms with Crippen LogP contribution >= 0.6 is 22.3 Å². The van der Waals surface area contributed by atoms with Crippen molar-refractivity contribution >= 4 is 31.3 Å². The van der Waals surface area contributed by atoms with Gasteiger partial charge in [-0.05, 0) is 35.9 Å². The first-order valence-electron chi connectivity index (χ1n) is 5.58. The van der Waals surface area contributed by atoms with Gasteiger partial charge >= 0.3 is 0 Å². The van der Waals surface area contributed by atoms with Crippen molar-refractivity contribution in [1.29, 1.82) is 0 Å². The number of hydrogen-bond donors (Lipinski definition) is 0. The van der Waals surface area contributed by atoms with Crippen LogP contribution in [0.1, 0.15) is 5.56 Å². The first kappa shape index (κ1) is 16.0. The van der Waals surface area contributed by atoms with Crippen molar-refractivity contribution in [2.75, 3.05) is 0 Å². The monoisotopic (exact) mass is 352 g/mol. The van der Waals surface area contributed by atoms with Crippen LogP contribution in [0.2, 0.25) is 5.02 Å². The molecule has 2 aromatic carbocycles. The fourth-order valence-corrected chi connectivity index (χ4v) is 2.62. The van der Waals surface area contributed by atoms with Crippen LogP contribution in [-0.2, 0) is 15.7 Å². The van der Waals surface area contributed by atoms with Gasteiger partial charge in [0.2, 0.25) is 0 Å². The van der Waals surface area contributed by atoms with E-state index in [1.54, 1.807) is 0 Å². The van der Waals surface area contributed by atoms with Crippen LogP contribution in [0.3, 0.4) is 0 Å². The topological polar surface area (TPSA) is 43.4 Å². The summed E-state index contributed by atoms with van der Waals surface area (Å²) in [5.41, 5.74) is 0.402. The molecule has 2 aromatic rings. The summed E-state index contributed by atoms with van der Waals surface area (Å²) < 4.78 is 53.4. The van der Waals surface area contributed by atoms with Crippen molar-refractivity contribution in [3.8, 4) is 5.75 Å². The van der Waals surface area contributed by atoms with E-state index >= 15 is 0 Å². The first-order valence-corrected chi connectivity index (χ1v) is 8.27. The Labute approximate surface area is 129 Å². The van der Waals surface area contributed by atoms with E-state index in [4.69, 9.17) is 27.0 Å². The van der Waals surface area contributed by atoms with Gasteiger partial charge in [-0.15, -0.1) is 0 Å². The Hall–Kier alpha value is -1.37. The Bertz CT molecular complexity index is 779. The van der Waals surface area contributed by atoms with Crippen molar-refractivity contribution in [2.24, 2.45) is 0 Å². The Morgan fingerprint density at radius 3 is 2.33 bits per heavy atom. The van der Waals surface area contributed by atoms with Crippen molar-refractivity contribution in [1.82, 2.24) is 0 Å². The van der Waals surface area contributed by atoms with Gasteiger partial charge in [-0.25, -0.2) is 17.2 Å². The van der Waals surface area contributed by atoms with E-state index in [9.17, 15) is 17.2 Å². The van der Waals surface area contributed by atoms with Crippen molar-refractivity contribution in [2.45, 2.75) is 11.5 Å². The van der Waals surface area contributed by atoms with E-state index in [0.29, 0.717) is 5.56 Å². The number of ether oxygens (including phenoxy) is 1. The van der Waals surface area contributed by atoms with E-state index in [-0.39, 0.29) is 22.3 Å². The summed E-state index contributed by atoms with van der Waals surface area (Å²) in [4.78, 5) is -0.158. The molecule has 0 aliphatic carbocycles. The summed E-state index contributed by atoms with van der Waals surface area (Å²) in [6.45, 7) is -0.0517. The third-order valence-electron chi connectivity index (χ3n) is 2.56. The van der Waals surface area contributed by atoms with Crippen LogP contribution in [0, 0.1) is 11.6 Å². The van der Waals surface area contributed by atoms with Crippen LogP contribution in [0.5, 0.6) is 5.75 Å². The molecule has 0 fully saturated rings. The van der Waals surface area contributed by atoms with Crippen LogP contribution in [0.15, 0.2) is 41.3 Å². The summed E-state index contributed by atoms with van der Waals surface area (Å²) in [6.07, 6.45) is 0. The average Bonchev–Trinajstić information content (AvgIpc) is 2.40. The van der Waals surface area contributed by atoms with Gasteiger partial charge in [0.25, 0.3) is 9.05 Å². The molecule has 0 atom stereocenters. The van der Waals surface area contributed by atoms with Gasteiger partial charge in [0.15, 0.2) is 11.6 Å². The maximum Gasteiger partial charge on any atom is 0.261 e. The molecule has 21 heavy (non-hydrogen) atoms. The van der Waals surface area contributed by atoms with Gasteiger partial charge in [0.1, 0.15) is 12.4 Å². The molecule has 0 saturated carbocycles. The lowest BCUT2D eigenvalue weighted by atomic mass is 10.2. The zero-order chi connectivity index (χ0) is 15.6. The zero-order valence-corrected chi connectivity index (χ0v) is 12.6. The first-order chi connectivity index (χ1) is 9.77. The molecule has 0 amide bonds. The Balaban J connectivity index is 2.15. The highest BCUT2D eigenvalue weighted by Crippen LogP contribution is 2.29. The minimum atomic E-state index is -3.88. The van der Waals surface area contributed by atoms with E-state index in [1.165, 1.54) is 18.2 Å². The molecule has 2 rings (SSSR count). The van der Waals surface area contributed by atoms with Gasteiger partial charge in [0.05, 0.1) is 9.92 Å². The second-order valence-electron chi connectivity index (χ2n) is 4.07. The lowest BCUT2D eigenvalue weighted by Crippen LogP contribution is -1.98. The molecule has 0 bridgehead atoms. The molecule has 3 nitrogen and oxygen atoms in total. The number of benzene rings is 2. The van der Waals surface area contributed by atoms with Crippen LogP contribution in [0.4, 0.5) is 8.78 Å². The normalized spacial score (nSPS) is 11.4. The van der Waals surface area contributed by atoms with Gasteiger partial charge in [0, 0.05) is 10.7 Å². The maximum atomic E-state index is 13.0. The zero-order valence-electron chi connectivity index (χ0n) is 10.3. The molecule has 0 saturated heterocycles. The van der Waals surface area contributed by atoms with Crippen molar-refractivity contribution in [3.05, 3.63) is 58.6 Å². The van der Waals surface area contributed by atoms with Crippen LogP contribution in [0.25, 0.3) is 0 Å². The quantitative estimate of drug-likeness (QED) is 0.777. The summed E-state index contributed by atoms with van der Waals surface area (Å²) in [5, 5.41) is 0.0410. The molecule has 0 heterocycles. The Kier molecular flexibility index (Phi) is 4.70. The number of rotatable bonds is 4. The largest absolute Gasteiger partial charge is 0.487 e. The SMILES string of the molecule is O=S(=O)(Cl)c1ccc(OCc2ccc(F)c(F)c2)c(Cl)c1. The van der Waals surface area contributed by atoms with Gasteiger partial charge in [-0.1, -0.05) is 17.7 Å². The van der Waals surface area contributed by atoms with E-state index in [1.807, 2.05) is 0 Å². The van der Waals surface area contributed by atoms with Gasteiger partial charge in [-0.3, -0.25) is 0 Å². The molecule has 8 heteroatoms. The Morgan fingerprint density at radius 2 is 1.76 bits per heavy atom. The molecule has 0 N–H and O–H groups in total. The highest BCUT2D eigenvalue weighted by Gasteiger charge is 2.13. The highest BCUT2D eigenvalue weighted by molar-refractivity contribution is 8.13. The summed E-state index contributed by atoms with van der Waals surface area (Å²) in [6, 6.07) is 7.06. The molecular weight excluding hydrogens is 345 g/mol. The molecule has 0 aromatic heterocycles. The average molecular weight is 353 g/mol. The number of halogens is 4. The third-order valence-corrected chi connectivity index (χ3v) is 4.21. The highest BCUT2D eigenvalue weighted by atomic mass is 35.7. The van der Waals surface area contributed by atoms with Gasteiger partial charge in [-0.2, -0.15) is 0 Å². The van der Waals surface area contributed by atoms with Crippen molar-refractivity contribution < 1.29 is 21.9 Å². The molecule has 0 aliphatic heterocycles. The molecule has 0 aliphatic rings. The molecule has 0 radical (unpaired) electrons. The second kappa shape index (κ2) is 6.17. The summed E-state index contributed by atoms with van der Waals surface area (Å²) >= 11 is 5.88. The predicted molar refractivity (Wildman–Crippen MR) is 75.2 cm³/mol. The van der Waals surface area contributed by atoms with Crippen LogP contribution < -0.4 is 4.74 Å². The lowest BCUT2D eigenvalue weighted by molar-refractivity contribution is 0.305. The minimum absolute atomic E-state index is 0.0410. The van der Waals surface area contributed by atoms with Gasteiger partial charge < -0.3 is 4.74 Å². The summed E-state index contributed by atoms with van der Waals surface area (Å²) in [7, 11) is 1.31.